The van der Waals surface area contributed by atoms with Crippen molar-refractivity contribution in [2.45, 2.75) is 45.1 Å². The molecule has 2 aromatic carbocycles. The van der Waals surface area contributed by atoms with Crippen LogP contribution in [0, 0.1) is 0 Å². The third-order valence-electron chi connectivity index (χ3n) is 7.59. The van der Waals surface area contributed by atoms with Crippen LogP contribution >= 0.6 is 0 Å². The second-order valence-electron chi connectivity index (χ2n) is 9.74. The highest BCUT2D eigenvalue weighted by Gasteiger charge is 2.30. The van der Waals surface area contributed by atoms with Gasteiger partial charge in [-0.15, -0.1) is 0 Å². The zero-order valence-electron chi connectivity index (χ0n) is 21.2. The van der Waals surface area contributed by atoms with E-state index in [1.165, 1.54) is 16.7 Å². The van der Waals surface area contributed by atoms with Gasteiger partial charge in [-0.1, -0.05) is 61.5 Å². The fourth-order valence-electron chi connectivity index (χ4n) is 5.55. The minimum Gasteiger partial charge on any atom is -0.379 e. The lowest BCUT2D eigenvalue weighted by Gasteiger charge is -2.40. The smallest absolute Gasteiger partial charge is 0.272 e. The van der Waals surface area contributed by atoms with Gasteiger partial charge in [0.1, 0.15) is 12.0 Å². The van der Waals surface area contributed by atoms with E-state index in [-0.39, 0.29) is 5.91 Å². The minimum absolute atomic E-state index is 0.0574. The Kier molecular flexibility index (Phi) is 8.04. The molecule has 0 bridgehead atoms. The van der Waals surface area contributed by atoms with Crippen LogP contribution < -0.4 is 0 Å². The summed E-state index contributed by atoms with van der Waals surface area (Å²) in [6.45, 7) is 7.31. The van der Waals surface area contributed by atoms with Crippen LogP contribution in [-0.2, 0) is 24.0 Å². The van der Waals surface area contributed by atoms with E-state index in [0.29, 0.717) is 11.7 Å². The van der Waals surface area contributed by atoms with E-state index in [2.05, 4.69) is 70.3 Å². The molecule has 0 spiro atoms. The summed E-state index contributed by atoms with van der Waals surface area (Å²) in [6.07, 6.45) is 6.03. The molecule has 1 aromatic heterocycles. The molecule has 0 aliphatic carbocycles. The van der Waals surface area contributed by atoms with E-state index in [4.69, 9.17) is 4.74 Å². The highest BCUT2D eigenvalue weighted by Crippen LogP contribution is 2.23. The SMILES string of the molecule is CCc1c(CCc2cccc(-c3ccccc3)c2)ncnc1C(=O)N1CCC(N2CCOCC2)CC1. The number of aromatic nitrogens is 2. The van der Waals surface area contributed by atoms with Crippen LogP contribution in [0.3, 0.4) is 0 Å². The molecule has 6 nitrogen and oxygen atoms in total. The maximum Gasteiger partial charge on any atom is 0.272 e. The van der Waals surface area contributed by atoms with E-state index in [1.807, 2.05) is 11.0 Å². The highest BCUT2D eigenvalue weighted by atomic mass is 16.5. The third kappa shape index (κ3) is 5.66. The number of piperidine rings is 1. The number of rotatable bonds is 7. The van der Waals surface area contributed by atoms with Gasteiger partial charge in [0.2, 0.25) is 0 Å². The Hall–Kier alpha value is -3.09. The van der Waals surface area contributed by atoms with Crippen molar-refractivity contribution in [3.63, 3.8) is 0 Å². The monoisotopic (exact) mass is 484 g/mol. The minimum atomic E-state index is 0.0574. The normalized spacial score (nSPS) is 17.3. The quantitative estimate of drug-likeness (QED) is 0.497. The summed E-state index contributed by atoms with van der Waals surface area (Å²) in [5.74, 6) is 0.0574. The Labute approximate surface area is 214 Å². The average molecular weight is 485 g/mol. The van der Waals surface area contributed by atoms with Gasteiger partial charge in [-0.25, -0.2) is 9.97 Å². The first kappa shape index (κ1) is 24.6. The number of aryl methyl sites for hydroxylation is 2. The lowest BCUT2D eigenvalue weighted by atomic mass is 9.98. The van der Waals surface area contributed by atoms with Crippen LogP contribution in [0.4, 0.5) is 0 Å². The van der Waals surface area contributed by atoms with E-state index in [1.54, 1.807) is 6.33 Å². The molecule has 3 heterocycles. The summed E-state index contributed by atoms with van der Waals surface area (Å²) >= 11 is 0. The maximum atomic E-state index is 13.5. The van der Waals surface area contributed by atoms with E-state index < -0.39 is 0 Å². The fraction of sp³-hybridized carbons (Fsp3) is 0.433. The zero-order valence-corrected chi connectivity index (χ0v) is 21.2. The van der Waals surface area contributed by atoms with Crippen LogP contribution in [0.1, 0.15) is 47.1 Å². The summed E-state index contributed by atoms with van der Waals surface area (Å²) < 4.78 is 5.50. The van der Waals surface area contributed by atoms with Crippen molar-refractivity contribution in [2.75, 3.05) is 39.4 Å². The van der Waals surface area contributed by atoms with Crippen LogP contribution in [0.25, 0.3) is 11.1 Å². The lowest BCUT2D eigenvalue weighted by Crippen LogP contribution is -2.50. The van der Waals surface area contributed by atoms with Gasteiger partial charge in [0, 0.05) is 43.5 Å². The Bertz CT molecular complexity index is 1150. The largest absolute Gasteiger partial charge is 0.379 e. The number of morpholine rings is 1. The Morgan fingerprint density at radius 2 is 1.67 bits per heavy atom. The standard InChI is InChI=1S/C30H36N4O2/c1-2-27-28(12-11-23-7-6-10-25(21-23)24-8-4-3-5-9-24)31-22-32-29(27)30(35)34-15-13-26(14-16-34)33-17-19-36-20-18-33/h3-10,21-22,26H,2,11-20H2,1H3. The maximum absolute atomic E-state index is 13.5. The summed E-state index contributed by atoms with van der Waals surface area (Å²) in [6, 6.07) is 19.7. The molecule has 0 unspecified atom stereocenters. The first-order valence-corrected chi connectivity index (χ1v) is 13.3. The average Bonchev–Trinajstić information content (AvgIpc) is 2.96. The topological polar surface area (TPSA) is 58.6 Å². The molecule has 1 amide bonds. The number of carbonyl (C=O) groups is 1. The van der Waals surface area contributed by atoms with Crippen LogP contribution in [0.5, 0.6) is 0 Å². The number of hydrogen-bond acceptors (Lipinski definition) is 5. The Morgan fingerprint density at radius 3 is 2.42 bits per heavy atom. The summed E-state index contributed by atoms with van der Waals surface area (Å²) in [4.78, 5) is 27.1. The second-order valence-corrected chi connectivity index (χ2v) is 9.74. The summed E-state index contributed by atoms with van der Waals surface area (Å²) in [7, 11) is 0. The molecule has 0 N–H and O–H groups in total. The van der Waals surface area contributed by atoms with Crippen molar-refractivity contribution in [2.24, 2.45) is 0 Å². The van der Waals surface area contributed by atoms with Gasteiger partial charge >= 0.3 is 0 Å². The number of ether oxygens (including phenoxy) is 1. The van der Waals surface area contributed by atoms with Gasteiger partial charge in [-0.3, -0.25) is 9.69 Å². The first-order chi connectivity index (χ1) is 17.7. The molecule has 0 saturated carbocycles. The molecule has 2 aliphatic heterocycles. The van der Waals surface area contributed by atoms with Gasteiger partial charge in [-0.05, 0) is 48.8 Å². The van der Waals surface area contributed by atoms with Gasteiger partial charge in [0.05, 0.1) is 13.2 Å². The Balaban J connectivity index is 1.25. The van der Waals surface area contributed by atoms with E-state index in [9.17, 15) is 4.79 Å². The molecule has 188 valence electrons. The number of hydrogen-bond donors (Lipinski definition) is 0. The van der Waals surface area contributed by atoms with E-state index in [0.717, 1.165) is 82.8 Å². The van der Waals surface area contributed by atoms with Crippen LogP contribution in [-0.4, -0.2) is 71.1 Å². The molecule has 2 saturated heterocycles. The van der Waals surface area contributed by atoms with Crippen LogP contribution in [0.2, 0.25) is 0 Å². The number of likely N-dealkylation sites (tertiary alicyclic amines) is 1. The van der Waals surface area contributed by atoms with Gasteiger partial charge in [-0.2, -0.15) is 0 Å². The number of benzene rings is 2. The predicted octanol–water partition coefficient (Wildman–Crippen LogP) is 4.43. The zero-order chi connectivity index (χ0) is 24.7. The number of amides is 1. The lowest BCUT2D eigenvalue weighted by molar-refractivity contribution is 0.00151. The predicted molar refractivity (Wildman–Crippen MR) is 142 cm³/mol. The van der Waals surface area contributed by atoms with Crippen molar-refractivity contribution >= 4 is 5.91 Å². The molecule has 3 aromatic rings. The van der Waals surface area contributed by atoms with Crippen molar-refractivity contribution in [3.05, 3.63) is 83.4 Å². The summed E-state index contributed by atoms with van der Waals surface area (Å²) in [5.41, 5.74) is 6.30. The Morgan fingerprint density at radius 1 is 0.917 bits per heavy atom. The number of nitrogens with zero attached hydrogens (tertiary/aromatic N) is 4. The number of carbonyl (C=O) groups excluding carboxylic acids is 1. The molecule has 0 radical (unpaired) electrons. The molecule has 36 heavy (non-hydrogen) atoms. The van der Waals surface area contributed by atoms with Gasteiger partial charge < -0.3 is 9.64 Å². The van der Waals surface area contributed by atoms with Crippen molar-refractivity contribution in [1.82, 2.24) is 19.8 Å². The van der Waals surface area contributed by atoms with Crippen molar-refractivity contribution in [1.29, 1.82) is 0 Å². The molecule has 2 fully saturated rings. The molecule has 5 rings (SSSR count). The molecule has 2 aliphatic rings. The van der Waals surface area contributed by atoms with Crippen LogP contribution in [0.15, 0.2) is 60.9 Å². The first-order valence-electron chi connectivity index (χ1n) is 13.3. The van der Waals surface area contributed by atoms with Crippen molar-refractivity contribution in [3.8, 4) is 11.1 Å². The molecule has 0 atom stereocenters. The van der Waals surface area contributed by atoms with Gasteiger partial charge in [0.15, 0.2) is 0 Å². The highest BCUT2D eigenvalue weighted by molar-refractivity contribution is 5.94. The molecular formula is C30H36N4O2. The second kappa shape index (κ2) is 11.8. The molecular weight excluding hydrogens is 448 g/mol. The van der Waals surface area contributed by atoms with E-state index >= 15 is 0 Å². The van der Waals surface area contributed by atoms with Gasteiger partial charge in [0.25, 0.3) is 5.91 Å². The third-order valence-corrected chi connectivity index (χ3v) is 7.59. The summed E-state index contributed by atoms with van der Waals surface area (Å²) in [5, 5.41) is 0. The molecule has 6 heteroatoms. The van der Waals surface area contributed by atoms with Crippen molar-refractivity contribution < 1.29 is 9.53 Å². The fourth-order valence-corrected chi connectivity index (χ4v) is 5.55.